The summed E-state index contributed by atoms with van der Waals surface area (Å²) >= 11 is 0. The molecule has 1 heterocycles. The van der Waals surface area contributed by atoms with Crippen LogP contribution in [0.1, 0.15) is 28.7 Å². The molecule has 0 N–H and O–H groups in total. The highest BCUT2D eigenvalue weighted by Crippen LogP contribution is 2.31. The number of rotatable bonds is 5. The highest BCUT2D eigenvalue weighted by Gasteiger charge is 2.27. The highest BCUT2D eigenvalue weighted by molar-refractivity contribution is 7.89. The van der Waals surface area contributed by atoms with E-state index < -0.39 is 10.0 Å². The molecule has 0 unspecified atom stereocenters. The minimum atomic E-state index is -3.46. The molecule has 0 saturated carbocycles. The maximum atomic E-state index is 12.7. The van der Waals surface area contributed by atoms with Crippen molar-refractivity contribution in [2.75, 3.05) is 25.5 Å². The Morgan fingerprint density at radius 3 is 2.52 bits per heavy atom. The molecule has 0 aliphatic carbocycles. The Morgan fingerprint density at radius 1 is 1.11 bits per heavy atom. The third-order valence-corrected chi connectivity index (χ3v) is 6.94. The lowest BCUT2D eigenvalue weighted by Gasteiger charge is -2.18. The summed E-state index contributed by atoms with van der Waals surface area (Å²) in [6.45, 7) is 4.74. The second-order valence-corrected chi connectivity index (χ2v) is 9.46. The number of sulfonamides is 1. The Labute approximate surface area is 161 Å². The maximum absolute atomic E-state index is 12.7. The van der Waals surface area contributed by atoms with E-state index in [4.69, 9.17) is 0 Å². The van der Waals surface area contributed by atoms with Crippen molar-refractivity contribution in [2.24, 2.45) is 0 Å². The van der Waals surface area contributed by atoms with Crippen LogP contribution in [0.25, 0.3) is 0 Å². The summed E-state index contributed by atoms with van der Waals surface area (Å²) in [5, 5.41) is 0. The van der Waals surface area contributed by atoms with Crippen molar-refractivity contribution >= 4 is 21.6 Å². The van der Waals surface area contributed by atoms with E-state index >= 15 is 0 Å². The van der Waals surface area contributed by atoms with Gasteiger partial charge in [-0.1, -0.05) is 23.8 Å². The fraction of sp³-hybridized carbons (Fsp3) is 0.381. The molecule has 0 fully saturated rings. The van der Waals surface area contributed by atoms with Crippen LogP contribution in [0.5, 0.6) is 0 Å². The third kappa shape index (κ3) is 3.92. The molecule has 0 spiro atoms. The summed E-state index contributed by atoms with van der Waals surface area (Å²) < 4.78 is 25.8. The number of hydrogen-bond acceptors (Lipinski definition) is 3. The number of nitrogens with zero attached hydrogens (tertiary/aromatic N) is 2. The average molecular weight is 387 g/mol. The van der Waals surface area contributed by atoms with Crippen LogP contribution in [0.4, 0.5) is 5.69 Å². The summed E-state index contributed by atoms with van der Waals surface area (Å²) in [5.74, 6) is 0.0805. The molecular formula is C21H26N2O3S. The predicted molar refractivity (Wildman–Crippen MR) is 108 cm³/mol. The minimum absolute atomic E-state index is 0.0805. The van der Waals surface area contributed by atoms with E-state index in [0.29, 0.717) is 25.8 Å². The second-order valence-electron chi connectivity index (χ2n) is 7.30. The summed E-state index contributed by atoms with van der Waals surface area (Å²) in [6.07, 6.45) is 1.84. The molecule has 1 amide bonds. The molecule has 1 aliphatic rings. The largest absolute Gasteiger partial charge is 0.312 e. The zero-order valence-electron chi connectivity index (χ0n) is 16.3. The fourth-order valence-electron chi connectivity index (χ4n) is 3.51. The molecule has 2 aromatic rings. The molecule has 1 aliphatic heterocycles. The van der Waals surface area contributed by atoms with E-state index in [1.54, 1.807) is 23.1 Å². The lowest BCUT2D eigenvalue weighted by molar-refractivity contribution is -0.118. The molecular weight excluding hydrogens is 360 g/mol. The molecule has 0 atom stereocenters. The van der Waals surface area contributed by atoms with Crippen LogP contribution in [0, 0.1) is 13.8 Å². The topological polar surface area (TPSA) is 57.7 Å². The Balaban J connectivity index is 1.74. The molecule has 5 nitrogen and oxygen atoms in total. The smallest absolute Gasteiger partial charge is 0.242 e. The Hall–Kier alpha value is -2.18. The number of benzene rings is 2. The van der Waals surface area contributed by atoms with Gasteiger partial charge in [0.1, 0.15) is 0 Å². The predicted octanol–water partition coefficient (Wildman–Crippen LogP) is 3.08. The summed E-state index contributed by atoms with van der Waals surface area (Å²) in [6, 6.07) is 11.3. The van der Waals surface area contributed by atoms with Crippen molar-refractivity contribution in [3.05, 3.63) is 58.7 Å². The van der Waals surface area contributed by atoms with Gasteiger partial charge in [0, 0.05) is 32.7 Å². The highest BCUT2D eigenvalue weighted by atomic mass is 32.2. The lowest BCUT2D eigenvalue weighted by Crippen LogP contribution is -2.29. The normalized spacial score (nSPS) is 13.9. The number of carbonyl (C=O) groups excluding carboxylic acids is 1. The van der Waals surface area contributed by atoms with E-state index in [1.165, 1.54) is 35.1 Å². The van der Waals surface area contributed by atoms with Gasteiger partial charge in [0.15, 0.2) is 0 Å². The number of carbonyl (C=O) groups is 1. The summed E-state index contributed by atoms with van der Waals surface area (Å²) in [4.78, 5) is 14.8. The number of amides is 1. The lowest BCUT2D eigenvalue weighted by atomic mass is 10.0. The zero-order valence-corrected chi connectivity index (χ0v) is 17.1. The Bertz CT molecular complexity index is 981. The van der Waals surface area contributed by atoms with E-state index in [9.17, 15) is 13.2 Å². The number of anilines is 1. The Kier molecular flexibility index (Phi) is 5.40. The van der Waals surface area contributed by atoms with Gasteiger partial charge in [-0.3, -0.25) is 4.79 Å². The molecule has 0 saturated heterocycles. The van der Waals surface area contributed by atoms with Crippen molar-refractivity contribution in [1.82, 2.24) is 4.31 Å². The second kappa shape index (κ2) is 7.44. The van der Waals surface area contributed by atoms with Crippen molar-refractivity contribution < 1.29 is 13.2 Å². The first-order valence-electron chi connectivity index (χ1n) is 9.12. The van der Waals surface area contributed by atoms with Crippen LogP contribution in [0.3, 0.4) is 0 Å². The monoisotopic (exact) mass is 386 g/mol. The molecule has 0 radical (unpaired) electrons. The van der Waals surface area contributed by atoms with Crippen molar-refractivity contribution in [1.29, 1.82) is 0 Å². The van der Waals surface area contributed by atoms with Gasteiger partial charge in [-0.2, -0.15) is 0 Å². The van der Waals surface area contributed by atoms with Gasteiger partial charge in [0.05, 0.1) is 4.90 Å². The third-order valence-electron chi connectivity index (χ3n) is 5.13. The van der Waals surface area contributed by atoms with Crippen LogP contribution in [-0.4, -0.2) is 39.3 Å². The van der Waals surface area contributed by atoms with E-state index in [0.717, 1.165) is 11.3 Å². The van der Waals surface area contributed by atoms with Crippen molar-refractivity contribution in [2.45, 2.75) is 38.0 Å². The quantitative estimate of drug-likeness (QED) is 0.793. The van der Waals surface area contributed by atoms with Gasteiger partial charge in [0.25, 0.3) is 0 Å². The van der Waals surface area contributed by atoms with E-state index in [2.05, 4.69) is 32.0 Å². The first-order chi connectivity index (χ1) is 12.7. The molecule has 0 aromatic heterocycles. The first-order valence-corrected chi connectivity index (χ1v) is 10.6. The minimum Gasteiger partial charge on any atom is -0.312 e. The molecule has 144 valence electrons. The summed E-state index contributed by atoms with van der Waals surface area (Å²) in [7, 11) is -0.422. The summed E-state index contributed by atoms with van der Waals surface area (Å²) in [5.41, 5.74) is 5.37. The Morgan fingerprint density at radius 2 is 1.85 bits per heavy atom. The van der Waals surface area contributed by atoms with Crippen LogP contribution in [0.15, 0.2) is 41.3 Å². The fourth-order valence-corrected chi connectivity index (χ4v) is 4.46. The number of fused-ring (bicyclic) bond motifs is 1. The molecule has 27 heavy (non-hydrogen) atoms. The van der Waals surface area contributed by atoms with Crippen LogP contribution >= 0.6 is 0 Å². The molecule has 0 bridgehead atoms. The molecule has 2 aromatic carbocycles. The van der Waals surface area contributed by atoms with E-state index in [-0.39, 0.29) is 10.8 Å². The van der Waals surface area contributed by atoms with Gasteiger partial charge < -0.3 is 4.90 Å². The van der Waals surface area contributed by atoms with Gasteiger partial charge in [-0.15, -0.1) is 0 Å². The van der Waals surface area contributed by atoms with E-state index in [1.807, 2.05) is 0 Å². The molecule has 6 heteroatoms. The average Bonchev–Trinajstić information content (AvgIpc) is 3.03. The standard InChI is InChI=1S/C21H26N2O3S/c1-15-5-6-17(16(2)13-15)7-10-21(24)23-12-11-18-14-19(8-9-20(18)23)27(25,26)22(3)4/h5-6,8-9,13-14H,7,10-12H2,1-4H3. The number of hydrogen-bond donors (Lipinski definition) is 0. The molecule has 3 rings (SSSR count). The van der Waals surface area contributed by atoms with Crippen molar-refractivity contribution in [3.63, 3.8) is 0 Å². The van der Waals surface area contributed by atoms with Gasteiger partial charge in [-0.25, -0.2) is 12.7 Å². The maximum Gasteiger partial charge on any atom is 0.242 e. The SMILES string of the molecule is Cc1ccc(CCC(=O)N2CCc3cc(S(=O)(=O)N(C)C)ccc32)c(C)c1. The van der Waals surface area contributed by atoms with Crippen LogP contribution in [0.2, 0.25) is 0 Å². The van der Waals surface area contributed by atoms with Crippen LogP contribution < -0.4 is 4.90 Å². The van der Waals surface area contributed by atoms with Gasteiger partial charge >= 0.3 is 0 Å². The first kappa shape index (κ1) is 19.6. The van der Waals surface area contributed by atoms with Gasteiger partial charge in [0.2, 0.25) is 15.9 Å². The van der Waals surface area contributed by atoms with Gasteiger partial charge in [-0.05, 0) is 61.6 Å². The van der Waals surface area contributed by atoms with Crippen molar-refractivity contribution in [3.8, 4) is 0 Å². The number of aryl methyl sites for hydroxylation is 3. The van der Waals surface area contributed by atoms with Crippen LogP contribution in [-0.2, 0) is 27.7 Å². The zero-order chi connectivity index (χ0) is 19.8.